The van der Waals surface area contributed by atoms with Crippen LogP contribution >= 0.6 is 11.8 Å². The van der Waals surface area contributed by atoms with E-state index in [4.69, 9.17) is 0 Å². The van der Waals surface area contributed by atoms with E-state index < -0.39 is 6.43 Å². The Morgan fingerprint density at radius 1 is 1.54 bits per heavy atom. The lowest BCUT2D eigenvalue weighted by molar-refractivity contribution is 0.128. The van der Waals surface area contributed by atoms with Crippen molar-refractivity contribution in [3.8, 4) is 0 Å². The Kier molecular flexibility index (Phi) is 3.98. The molecule has 0 amide bonds. The molecular weight excluding hydrogens is 192 g/mol. The van der Waals surface area contributed by atoms with Gasteiger partial charge in [0.2, 0.25) is 0 Å². The topological polar surface area (TPSA) is 12.0 Å². The van der Waals surface area contributed by atoms with Crippen LogP contribution in [0.2, 0.25) is 0 Å². The third-order valence-corrected chi connectivity index (χ3v) is 3.70. The summed E-state index contributed by atoms with van der Waals surface area (Å²) in [4.78, 5) is 0. The van der Waals surface area contributed by atoms with Crippen molar-refractivity contribution in [1.82, 2.24) is 5.32 Å². The molecule has 1 rings (SSSR count). The van der Waals surface area contributed by atoms with Crippen molar-refractivity contribution in [1.29, 1.82) is 0 Å². The van der Waals surface area contributed by atoms with Crippen LogP contribution in [0.1, 0.15) is 20.3 Å². The summed E-state index contributed by atoms with van der Waals surface area (Å²) in [7, 11) is 0. The van der Waals surface area contributed by atoms with Gasteiger partial charge in [-0.1, -0.05) is 13.8 Å². The molecule has 1 atom stereocenters. The standard InChI is InChI=1S/C9H17F2NS/c1-9(2)3-4-13-6-7(9)12-5-8(10)11/h7-8,12H,3-6H2,1-2H3. The van der Waals surface area contributed by atoms with Gasteiger partial charge in [-0.25, -0.2) is 8.78 Å². The number of thioether (sulfide) groups is 1. The Morgan fingerprint density at radius 2 is 2.23 bits per heavy atom. The zero-order valence-electron chi connectivity index (χ0n) is 8.15. The first-order valence-corrected chi connectivity index (χ1v) is 5.77. The Hall–Kier alpha value is 0.170. The molecule has 4 heteroatoms. The highest BCUT2D eigenvalue weighted by Gasteiger charge is 2.32. The lowest BCUT2D eigenvalue weighted by Crippen LogP contribution is -2.48. The minimum atomic E-state index is -2.23. The molecule has 0 aliphatic carbocycles. The summed E-state index contributed by atoms with van der Waals surface area (Å²) in [6, 6.07) is 0.236. The van der Waals surface area contributed by atoms with E-state index in [1.165, 1.54) is 0 Å². The lowest BCUT2D eigenvalue weighted by Gasteiger charge is -2.38. The van der Waals surface area contributed by atoms with Crippen molar-refractivity contribution >= 4 is 11.8 Å². The zero-order valence-corrected chi connectivity index (χ0v) is 8.96. The third kappa shape index (κ3) is 3.43. The molecule has 1 nitrogen and oxygen atoms in total. The molecule has 1 saturated heterocycles. The van der Waals surface area contributed by atoms with Crippen LogP contribution in [0.4, 0.5) is 8.78 Å². The number of hydrogen-bond donors (Lipinski definition) is 1. The van der Waals surface area contributed by atoms with Gasteiger partial charge >= 0.3 is 0 Å². The van der Waals surface area contributed by atoms with Gasteiger partial charge in [-0.15, -0.1) is 0 Å². The van der Waals surface area contributed by atoms with Crippen molar-refractivity contribution in [2.45, 2.75) is 32.7 Å². The van der Waals surface area contributed by atoms with E-state index >= 15 is 0 Å². The average molecular weight is 209 g/mol. The van der Waals surface area contributed by atoms with E-state index in [0.717, 1.165) is 17.9 Å². The molecular formula is C9H17F2NS. The maximum Gasteiger partial charge on any atom is 0.250 e. The summed E-state index contributed by atoms with van der Waals surface area (Å²) in [6.45, 7) is 4.13. The Morgan fingerprint density at radius 3 is 2.77 bits per heavy atom. The third-order valence-electron chi connectivity index (χ3n) is 2.64. The van der Waals surface area contributed by atoms with Crippen LogP contribution in [0.15, 0.2) is 0 Å². The lowest BCUT2D eigenvalue weighted by atomic mass is 9.82. The SMILES string of the molecule is CC1(C)CCSCC1NCC(F)F. The first-order chi connectivity index (χ1) is 6.02. The maximum absolute atomic E-state index is 12.0. The van der Waals surface area contributed by atoms with Gasteiger partial charge in [0.15, 0.2) is 0 Å². The van der Waals surface area contributed by atoms with Gasteiger partial charge in [-0.05, 0) is 17.6 Å². The first-order valence-electron chi connectivity index (χ1n) is 4.61. The summed E-state index contributed by atoms with van der Waals surface area (Å²) < 4.78 is 23.9. The predicted molar refractivity (Wildman–Crippen MR) is 53.5 cm³/mol. The Bertz CT molecular complexity index is 162. The molecule has 0 aromatic rings. The highest BCUT2D eigenvalue weighted by atomic mass is 32.2. The Balaban J connectivity index is 2.37. The zero-order chi connectivity index (χ0) is 9.90. The number of alkyl halides is 2. The second kappa shape index (κ2) is 4.60. The van der Waals surface area contributed by atoms with Crippen LogP contribution in [0, 0.1) is 5.41 Å². The van der Waals surface area contributed by atoms with Crippen molar-refractivity contribution in [2.75, 3.05) is 18.1 Å². The summed E-state index contributed by atoms with van der Waals surface area (Å²) in [5.41, 5.74) is 0.167. The largest absolute Gasteiger partial charge is 0.307 e. The minimum absolute atomic E-state index is 0.167. The first kappa shape index (κ1) is 11.2. The molecule has 1 aliphatic heterocycles. The van der Waals surface area contributed by atoms with E-state index in [9.17, 15) is 8.78 Å². The molecule has 1 unspecified atom stereocenters. The second-order valence-corrected chi connectivity index (χ2v) is 5.32. The van der Waals surface area contributed by atoms with Crippen molar-refractivity contribution < 1.29 is 8.78 Å². The molecule has 1 fully saturated rings. The summed E-state index contributed by atoms with van der Waals surface area (Å²) in [6.07, 6.45) is -1.12. The van der Waals surface area contributed by atoms with Crippen molar-refractivity contribution in [3.63, 3.8) is 0 Å². The summed E-state index contributed by atoms with van der Waals surface area (Å²) in [5.74, 6) is 2.11. The van der Waals surface area contributed by atoms with E-state index in [0.29, 0.717) is 0 Å². The number of hydrogen-bond acceptors (Lipinski definition) is 2. The van der Waals surface area contributed by atoms with Gasteiger partial charge in [-0.2, -0.15) is 11.8 Å². The normalized spacial score (nSPS) is 27.9. The van der Waals surface area contributed by atoms with Gasteiger partial charge in [-0.3, -0.25) is 0 Å². The van der Waals surface area contributed by atoms with Crippen LogP contribution in [0.5, 0.6) is 0 Å². The molecule has 0 spiro atoms. The molecule has 0 aromatic carbocycles. The fourth-order valence-electron chi connectivity index (χ4n) is 1.50. The van der Waals surface area contributed by atoms with Gasteiger partial charge < -0.3 is 5.32 Å². The van der Waals surface area contributed by atoms with E-state index in [1.54, 1.807) is 0 Å². The van der Waals surface area contributed by atoms with Crippen LogP contribution in [-0.4, -0.2) is 30.5 Å². The summed E-state index contributed by atoms with van der Waals surface area (Å²) in [5, 5.41) is 2.94. The van der Waals surface area contributed by atoms with Crippen LogP contribution in [0.3, 0.4) is 0 Å². The average Bonchev–Trinajstić information content (AvgIpc) is 2.01. The molecule has 0 aromatic heterocycles. The smallest absolute Gasteiger partial charge is 0.250 e. The molecule has 13 heavy (non-hydrogen) atoms. The molecule has 0 radical (unpaired) electrons. The number of nitrogens with one attached hydrogen (secondary N) is 1. The minimum Gasteiger partial charge on any atom is -0.307 e. The predicted octanol–water partition coefficient (Wildman–Crippen LogP) is 2.37. The molecule has 1 N–H and O–H groups in total. The molecule has 0 saturated carbocycles. The Labute approximate surface area is 82.7 Å². The molecule has 1 aliphatic rings. The monoisotopic (exact) mass is 209 g/mol. The summed E-state index contributed by atoms with van der Waals surface area (Å²) >= 11 is 1.85. The van der Waals surface area contributed by atoms with Gasteiger partial charge in [0.05, 0.1) is 6.54 Å². The quantitative estimate of drug-likeness (QED) is 0.766. The molecule has 1 heterocycles. The van der Waals surface area contributed by atoms with E-state index in [2.05, 4.69) is 19.2 Å². The highest BCUT2D eigenvalue weighted by Crippen LogP contribution is 2.34. The van der Waals surface area contributed by atoms with Gasteiger partial charge in [0, 0.05) is 11.8 Å². The van der Waals surface area contributed by atoms with Crippen LogP contribution in [0.25, 0.3) is 0 Å². The van der Waals surface area contributed by atoms with E-state index in [1.807, 2.05) is 11.8 Å². The van der Waals surface area contributed by atoms with Crippen molar-refractivity contribution in [2.24, 2.45) is 5.41 Å². The van der Waals surface area contributed by atoms with Crippen LogP contribution in [-0.2, 0) is 0 Å². The van der Waals surface area contributed by atoms with Gasteiger partial charge in [0.1, 0.15) is 0 Å². The van der Waals surface area contributed by atoms with Crippen LogP contribution < -0.4 is 5.32 Å². The van der Waals surface area contributed by atoms with Crippen molar-refractivity contribution in [3.05, 3.63) is 0 Å². The van der Waals surface area contributed by atoms with Gasteiger partial charge in [0.25, 0.3) is 6.43 Å². The fourth-order valence-corrected chi connectivity index (χ4v) is 3.14. The molecule has 0 bridgehead atoms. The second-order valence-electron chi connectivity index (χ2n) is 4.17. The molecule has 78 valence electrons. The number of halogens is 2. The van der Waals surface area contributed by atoms with E-state index in [-0.39, 0.29) is 18.0 Å². The maximum atomic E-state index is 12.0. The highest BCUT2D eigenvalue weighted by molar-refractivity contribution is 7.99. The number of rotatable bonds is 3. The fraction of sp³-hybridized carbons (Fsp3) is 1.00.